The van der Waals surface area contributed by atoms with E-state index < -0.39 is 28.9 Å². The Hall–Kier alpha value is -2.44. The number of carbonyl (C=O) groups excluding carboxylic acids is 2. The zero-order valence-electron chi connectivity index (χ0n) is 11.4. The van der Waals surface area contributed by atoms with Crippen LogP contribution in [-0.2, 0) is 14.3 Å². The molecule has 1 aromatic rings. The summed E-state index contributed by atoms with van der Waals surface area (Å²) >= 11 is 0. The standard InChI is InChI=1S/C13H15NO6/c1-8(12(15)19-3)9(2)20-13(16)10-4-6-11(7-5-10)14(17)18/h4-9H,1-3H3/t8-,9+/m0/s1. The van der Waals surface area contributed by atoms with E-state index in [1.165, 1.54) is 31.4 Å². The van der Waals surface area contributed by atoms with E-state index >= 15 is 0 Å². The van der Waals surface area contributed by atoms with Gasteiger partial charge in [-0.25, -0.2) is 4.79 Å². The largest absolute Gasteiger partial charge is 0.469 e. The van der Waals surface area contributed by atoms with Crippen LogP contribution in [0.5, 0.6) is 0 Å². The molecule has 0 heterocycles. The van der Waals surface area contributed by atoms with Crippen molar-refractivity contribution in [3.05, 3.63) is 39.9 Å². The van der Waals surface area contributed by atoms with E-state index in [1.54, 1.807) is 13.8 Å². The number of rotatable bonds is 5. The van der Waals surface area contributed by atoms with Crippen LogP contribution in [0.3, 0.4) is 0 Å². The zero-order chi connectivity index (χ0) is 15.3. The van der Waals surface area contributed by atoms with Gasteiger partial charge in [-0.1, -0.05) is 0 Å². The number of hydrogen-bond donors (Lipinski definition) is 0. The SMILES string of the molecule is COC(=O)[C@@H](C)[C@@H](C)OC(=O)c1ccc([N+](=O)[O-])cc1. The van der Waals surface area contributed by atoms with Crippen molar-refractivity contribution in [3.8, 4) is 0 Å². The van der Waals surface area contributed by atoms with E-state index in [0.29, 0.717) is 0 Å². The van der Waals surface area contributed by atoms with Gasteiger partial charge in [0.05, 0.1) is 23.5 Å². The average molecular weight is 281 g/mol. The van der Waals surface area contributed by atoms with Crippen molar-refractivity contribution in [3.63, 3.8) is 0 Å². The summed E-state index contributed by atoms with van der Waals surface area (Å²) in [4.78, 5) is 33.0. The second-order valence-corrected chi connectivity index (χ2v) is 4.23. The molecular weight excluding hydrogens is 266 g/mol. The molecular formula is C13H15NO6. The van der Waals surface area contributed by atoms with Gasteiger partial charge in [0.2, 0.25) is 0 Å². The van der Waals surface area contributed by atoms with Crippen LogP contribution in [0.25, 0.3) is 0 Å². The summed E-state index contributed by atoms with van der Waals surface area (Å²) in [6.45, 7) is 3.16. The molecule has 0 aliphatic rings. The fourth-order valence-electron chi connectivity index (χ4n) is 1.44. The maximum absolute atomic E-state index is 11.8. The van der Waals surface area contributed by atoms with Crippen LogP contribution in [0.1, 0.15) is 24.2 Å². The number of methoxy groups -OCH3 is 1. The van der Waals surface area contributed by atoms with Crippen molar-refractivity contribution in [1.29, 1.82) is 0 Å². The number of ether oxygens (including phenoxy) is 2. The van der Waals surface area contributed by atoms with Crippen LogP contribution < -0.4 is 0 Å². The lowest BCUT2D eigenvalue weighted by Crippen LogP contribution is -2.29. The third-order valence-electron chi connectivity index (χ3n) is 2.88. The van der Waals surface area contributed by atoms with E-state index in [4.69, 9.17) is 4.74 Å². The summed E-state index contributed by atoms with van der Waals surface area (Å²) < 4.78 is 9.67. The molecule has 1 aromatic carbocycles. The predicted molar refractivity (Wildman–Crippen MR) is 69.2 cm³/mol. The maximum atomic E-state index is 11.8. The van der Waals surface area contributed by atoms with Crippen LogP contribution in [0.15, 0.2) is 24.3 Å². The van der Waals surface area contributed by atoms with Gasteiger partial charge in [-0.2, -0.15) is 0 Å². The number of nitrogens with zero attached hydrogens (tertiary/aromatic N) is 1. The molecule has 1 rings (SSSR count). The Balaban J connectivity index is 2.71. The molecule has 0 aliphatic heterocycles. The average Bonchev–Trinajstić information content (AvgIpc) is 2.45. The van der Waals surface area contributed by atoms with Crippen molar-refractivity contribution >= 4 is 17.6 Å². The number of benzene rings is 1. The molecule has 0 saturated heterocycles. The first-order valence-corrected chi connectivity index (χ1v) is 5.90. The van der Waals surface area contributed by atoms with E-state index in [-0.39, 0.29) is 11.3 Å². The third kappa shape index (κ3) is 3.78. The van der Waals surface area contributed by atoms with Gasteiger partial charge in [0.1, 0.15) is 6.10 Å². The number of non-ortho nitro benzene ring substituents is 1. The fourth-order valence-corrected chi connectivity index (χ4v) is 1.44. The first kappa shape index (κ1) is 15.6. The molecule has 0 bridgehead atoms. The minimum absolute atomic E-state index is 0.113. The van der Waals surface area contributed by atoms with Crippen molar-refractivity contribution in [2.75, 3.05) is 7.11 Å². The summed E-state index contributed by atoms with van der Waals surface area (Å²) in [5.74, 6) is -1.72. The second kappa shape index (κ2) is 6.65. The number of esters is 2. The Morgan fingerprint density at radius 3 is 2.20 bits per heavy atom. The Morgan fingerprint density at radius 2 is 1.75 bits per heavy atom. The quantitative estimate of drug-likeness (QED) is 0.465. The first-order valence-electron chi connectivity index (χ1n) is 5.90. The van der Waals surface area contributed by atoms with Gasteiger partial charge in [-0.3, -0.25) is 14.9 Å². The number of hydrogen-bond acceptors (Lipinski definition) is 6. The highest BCUT2D eigenvalue weighted by Crippen LogP contribution is 2.15. The Kier molecular flexibility index (Phi) is 5.19. The van der Waals surface area contributed by atoms with Gasteiger partial charge in [0, 0.05) is 12.1 Å². The van der Waals surface area contributed by atoms with E-state index in [9.17, 15) is 19.7 Å². The minimum Gasteiger partial charge on any atom is -0.469 e. The summed E-state index contributed by atoms with van der Waals surface area (Å²) in [5.41, 5.74) is 0.0667. The number of nitro groups is 1. The van der Waals surface area contributed by atoms with Gasteiger partial charge in [-0.05, 0) is 26.0 Å². The third-order valence-corrected chi connectivity index (χ3v) is 2.88. The van der Waals surface area contributed by atoms with Crippen molar-refractivity contribution in [2.24, 2.45) is 5.92 Å². The van der Waals surface area contributed by atoms with Crippen molar-refractivity contribution in [1.82, 2.24) is 0 Å². The summed E-state index contributed by atoms with van der Waals surface area (Å²) in [7, 11) is 1.25. The molecule has 0 radical (unpaired) electrons. The topological polar surface area (TPSA) is 95.7 Å². The van der Waals surface area contributed by atoms with E-state index in [2.05, 4.69) is 4.74 Å². The molecule has 0 spiro atoms. The monoisotopic (exact) mass is 281 g/mol. The molecule has 0 amide bonds. The lowest BCUT2D eigenvalue weighted by Gasteiger charge is -2.18. The fraction of sp³-hybridized carbons (Fsp3) is 0.385. The summed E-state index contributed by atoms with van der Waals surface area (Å²) in [5, 5.41) is 10.5. The Labute approximate surface area is 115 Å². The first-order chi connectivity index (χ1) is 9.36. The molecule has 7 nitrogen and oxygen atoms in total. The predicted octanol–water partition coefficient (Wildman–Crippen LogP) is 1.95. The zero-order valence-corrected chi connectivity index (χ0v) is 11.4. The van der Waals surface area contributed by atoms with Crippen LogP contribution >= 0.6 is 0 Å². The molecule has 2 atom stereocenters. The molecule has 7 heteroatoms. The Morgan fingerprint density at radius 1 is 1.20 bits per heavy atom. The molecule has 0 aromatic heterocycles. The molecule has 0 N–H and O–H groups in total. The highest BCUT2D eigenvalue weighted by molar-refractivity contribution is 5.90. The highest BCUT2D eigenvalue weighted by Gasteiger charge is 2.24. The lowest BCUT2D eigenvalue weighted by molar-refractivity contribution is -0.384. The smallest absolute Gasteiger partial charge is 0.338 e. The van der Waals surface area contributed by atoms with Gasteiger partial charge in [0.15, 0.2) is 0 Å². The maximum Gasteiger partial charge on any atom is 0.338 e. The van der Waals surface area contributed by atoms with Crippen molar-refractivity contribution < 1.29 is 24.0 Å². The Bertz CT molecular complexity index is 510. The second-order valence-electron chi connectivity index (χ2n) is 4.23. The highest BCUT2D eigenvalue weighted by atomic mass is 16.6. The van der Waals surface area contributed by atoms with Crippen LogP contribution in [0, 0.1) is 16.0 Å². The minimum atomic E-state index is -0.662. The van der Waals surface area contributed by atoms with Crippen LogP contribution in [0.2, 0.25) is 0 Å². The summed E-state index contributed by atoms with van der Waals surface area (Å²) in [6, 6.07) is 5.03. The molecule has 20 heavy (non-hydrogen) atoms. The van der Waals surface area contributed by atoms with Gasteiger partial charge in [-0.15, -0.1) is 0 Å². The lowest BCUT2D eigenvalue weighted by atomic mass is 10.1. The van der Waals surface area contributed by atoms with Crippen LogP contribution in [0.4, 0.5) is 5.69 Å². The van der Waals surface area contributed by atoms with E-state index in [1.807, 2.05) is 0 Å². The summed E-state index contributed by atoms with van der Waals surface area (Å²) in [6.07, 6.45) is -0.662. The molecule has 0 aliphatic carbocycles. The molecule has 108 valence electrons. The normalized spacial score (nSPS) is 13.2. The van der Waals surface area contributed by atoms with Gasteiger partial charge < -0.3 is 9.47 Å². The van der Waals surface area contributed by atoms with Gasteiger partial charge in [0.25, 0.3) is 5.69 Å². The number of nitro benzene ring substituents is 1. The van der Waals surface area contributed by atoms with Crippen LogP contribution in [-0.4, -0.2) is 30.1 Å². The van der Waals surface area contributed by atoms with E-state index in [0.717, 1.165) is 0 Å². The molecule has 0 fully saturated rings. The molecule has 0 saturated carbocycles. The van der Waals surface area contributed by atoms with Gasteiger partial charge >= 0.3 is 11.9 Å². The van der Waals surface area contributed by atoms with Crippen molar-refractivity contribution in [2.45, 2.75) is 20.0 Å². The number of carbonyl (C=O) groups is 2. The molecule has 0 unspecified atom stereocenters.